The lowest BCUT2D eigenvalue weighted by Crippen LogP contribution is -2.48. The predicted molar refractivity (Wildman–Crippen MR) is 109 cm³/mol. The molecule has 0 aromatic heterocycles. The van der Waals surface area contributed by atoms with E-state index < -0.39 is 6.04 Å². The normalized spacial score (nSPS) is 19.1. The van der Waals surface area contributed by atoms with Crippen molar-refractivity contribution < 1.29 is 9.18 Å². The van der Waals surface area contributed by atoms with Gasteiger partial charge in [-0.15, -0.1) is 0 Å². The first-order valence-electron chi connectivity index (χ1n) is 9.93. The monoisotopic (exact) mass is 382 g/mol. The highest BCUT2D eigenvalue weighted by Crippen LogP contribution is 2.28. The van der Waals surface area contributed by atoms with E-state index in [-0.39, 0.29) is 17.4 Å². The molecular formula is C22H27FN4O. The largest absolute Gasteiger partial charge is 0.322 e. The van der Waals surface area contributed by atoms with E-state index in [1.54, 1.807) is 6.07 Å². The van der Waals surface area contributed by atoms with Gasteiger partial charge in [-0.3, -0.25) is 9.69 Å². The summed E-state index contributed by atoms with van der Waals surface area (Å²) in [6, 6.07) is 12.9. The number of benzene rings is 2. The number of nitrogens with zero attached hydrogens (tertiary/aromatic N) is 2. The molecule has 0 radical (unpaired) electrons. The van der Waals surface area contributed by atoms with Gasteiger partial charge in [-0.05, 0) is 42.8 Å². The Hall–Kier alpha value is -2.28. The molecule has 148 valence electrons. The average Bonchev–Trinajstić information content (AvgIpc) is 2.73. The van der Waals surface area contributed by atoms with Crippen LogP contribution in [0.5, 0.6) is 0 Å². The maximum atomic E-state index is 15.0. The number of fused-ring (bicyclic) bond motifs is 1. The number of anilines is 1. The summed E-state index contributed by atoms with van der Waals surface area (Å²) < 4.78 is 15.0. The molecule has 0 saturated carbocycles. The van der Waals surface area contributed by atoms with Crippen molar-refractivity contribution in [3.8, 4) is 0 Å². The summed E-state index contributed by atoms with van der Waals surface area (Å²) in [6.07, 6.45) is 0.644. The van der Waals surface area contributed by atoms with Gasteiger partial charge in [0.2, 0.25) is 5.91 Å². The van der Waals surface area contributed by atoms with Gasteiger partial charge in [-0.2, -0.15) is 0 Å². The first-order chi connectivity index (χ1) is 13.6. The van der Waals surface area contributed by atoms with Gasteiger partial charge >= 0.3 is 0 Å². The van der Waals surface area contributed by atoms with E-state index in [1.807, 2.05) is 36.4 Å². The summed E-state index contributed by atoms with van der Waals surface area (Å²) in [4.78, 5) is 17.7. The maximum Gasteiger partial charge on any atom is 0.246 e. The molecule has 1 fully saturated rings. The summed E-state index contributed by atoms with van der Waals surface area (Å²) >= 11 is 0. The van der Waals surface area contributed by atoms with E-state index in [4.69, 9.17) is 0 Å². The highest BCUT2D eigenvalue weighted by atomic mass is 19.1. The molecule has 28 heavy (non-hydrogen) atoms. The number of carbonyl (C=O) groups excluding carboxylic acids is 1. The topological polar surface area (TPSA) is 47.6 Å². The van der Waals surface area contributed by atoms with Crippen molar-refractivity contribution in [2.24, 2.45) is 0 Å². The highest BCUT2D eigenvalue weighted by Gasteiger charge is 2.30. The van der Waals surface area contributed by atoms with Gasteiger partial charge in [0.15, 0.2) is 0 Å². The fourth-order valence-electron chi connectivity index (χ4n) is 4.07. The second-order valence-electron chi connectivity index (χ2n) is 7.63. The fourth-order valence-corrected chi connectivity index (χ4v) is 4.07. The molecule has 0 spiro atoms. The van der Waals surface area contributed by atoms with E-state index in [0.717, 1.165) is 43.9 Å². The Morgan fingerprint density at radius 3 is 2.61 bits per heavy atom. The van der Waals surface area contributed by atoms with Gasteiger partial charge in [0, 0.05) is 32.7 Å². The van der Waals surface area contributed by atoms with Crippen LogP contribution in [0.1, 0.15) is 22.7 Å². The second-order valence-corrected chi connectivity index (χ2v) is 7.63. The third-order valence-electron chi connectivity index (χ3n) is 5.73. The first kappa shape index (κ1) is 19.1. The van der Waals surface area contributed by atoms with E-state index in [0.29, 0.717) is 18.5 Å². The molecule has 2 aliphatic heterocycles. The number of rotatable bonds is 4. The first-order valence-corrected chi connectivity index (χ1v) is 9.93. The number of hydrogen-bond donors (Lipinski definition) is 2. The molecule has 0 bridgehead atoms. The van der Waals surface area contributed by atoms with Crippen molar-refractivity contribution in [2.45, 2.75) is 19.0 Å². The summed E-state index contributed by atoms with van der Waals surface area (Å²) in [5.74, 6) is -0.471. The van der Waals surface area contributed by atoms with Crippen LogP contribution in [0, 0.1) is 5.82 Å². The standard InChI is InChI=1S/C22H27FN4O/c1-26-11-13-27(14-12-26)21(16-5-3-2-4-6-16)22(28)25-19-8-7-17-15-24-10-9-18(17)20(19)23/h2-8,21,24H,9-15H2,1H3,(H,25,28). The molecule has 4 rings (SSSR count). The molecule has 1 amide bonds. The van der Waals surface area contributed by atoms with Gasteiger partial charge in [-0.25, -0.2) is 4.39 Å². The summed E-state index contributed by atoms with van der Waals surface area (Å²) in [5, 5.41) is 6.13. The summed E-state index contributed by atoms with van der Waals surface area (Å²) in [7, 11) is 2.09. The number of nitrogens with one attached hydrogen (secondary N) is 2. The summed E-state index contributed by atoms with van der Waals surface area (Å²) in [6.45, 7) is 4.88. The average molecular weight is 382 g/mol. The lowest BCUT2D eigenvalue weighted by Gasteiger charge is -2.37. The second kappa shape index (κ2) is 8.39. The van der Waals surface area contributed by atoms with Crippen LogP contribution in [0.4, 0.5) is 10.1 Å². The molecule has 5 nitrogen and oxygen atoms in total. The van der Waals surface area contributed by atoms with Crippen LogP contribution in [0.3, 0.4) is 0 Å². The molecule has 1 saturated heterocycles. The van der Waals surface area contributed by atoms with Gasteiger partial charge in [0.25, 0.3) is 0 Å². The highest BCUT2D eigenvalue weighted by molar-refractivity contribution is 5.95. The Balaban J connectivity index is 1.59. The zero-order chi connectivity index (χ0) is 19.5. The SMILES string of the molecule is CN1CCN(C(C(=O)Nc2ccc3c(c2F)CCNC3)c2ccccc2)CC1. The Morgan fingerprint density at radius 1 is 1.11 bits per heavy atom. The Labute approximate surface area is 165 Å². The fraction of sp³-hybridized carbons (Fsp3) is 0.409. The van der Waals surface area contributed by atoms with Crippen LogP contribution >= 0.6 is 0 Å². The van der Waals surface area contributed by atoms with Crippen molar-refractivity contribution in [1.29, 1.82) is 0 Å². The van der Waals surface area contributed by atoms with Crippen LogP contribution in [0.2, 0.25) is 0 Å². The smallest absolute Gasteiger partial charge is 0.246 e. The van der Waals surface area contributed by atoms with Crippen LogP contribution in [0.25, 0.3) is 0 Å². The molecular weight excluding hydrogens is 355 g/mol. The third-order valence-corrected chi connectivity index (χ3v) is 5.73. The van der Waals surface area contributed by atoms with E-state index in [2.05, 4.69) is 27.5 Å². The van der Waals surface area contributed by atoms with Crippen molar-refractivity contribution in [1.82, 2.24) is 15.1 Å². The zero-order valence-electron chi connectivity index (χ0n) is 16.2. The Bertz CT molecular complexity index is 834. The van der Waals surface area contributed by atoms with Crippen LogP contribution in [-0.4, -0.2) is 55.5 Å². The van der Waals surface area contributed by atoms with Gasteiger partial charge in [0.05, 0.1) is 5.69 Å². The molecule has 2 aliphatic rings. The lowest BCUT2D eigenvalue weighted by atomic mass is 9.99. The molecule has 0 aliphatic carbocycles. The molecule has 6 heteroatoms. The van der Waals surface area contributed by atoms with Crippen LogP contribution < -0.4 is 10.6 Å². The summed E-state index contributed by atoms with van der Waals surface area (Å²) in [5.41, 5.74) is 2.90. The number of halogens is 1. The van der Waals surface area contributed by atoms with E-state index in [1.165, 1.54) is 0 Å². The predicted octanol–water partition coefficient (Wildman–Crippen LogP) is 2.40. The van der Waals surface area contributed by atoms with E-state index in [9.17, 15) is 4.79 Å². The minimum Gasteiger partial charge on any atom is -0.322 e. The van der Waals surface area contributed by atoms with E-state index >= 15 is 4.39 Å². The number of piperazine rings is 1. The van der Waals surface area contributed by atoms with Crippen molar-refractivity contribution >= 4 is 11.6 Å². The minimum atomic E-state index is -0.424. The van der Waals surface area contributed by atoms with Crippen LogP contribution in [0.15, 0.2) is 42.5 Å². The molecule has 2 heterocycles. The molecule has 2 N–H and O–H groups in total. The minimum absolute atomic E-state index is 0.177. The third kappa shape index (κ3) is 3.94. The number of carbonyl (C=O) groups is 1. The Morgan fingerprint density at radius 2 is 1.86 bits per heavy atom. The molecule has 2 aromatic carbocycles. The number of hydrogen-bond acceptors (Lipinski definition) is 4. The quantitative estimate of drug-likeness (QED) is 0.853. The lowest BCUT2D eigenvalue weighted by molar-refractivity contribution is -0.122. The number of likely N-dealkylation sites (N-methyl/N-ethyl adjacent to an activating group) is 1. The van der Waals surface area contributed by atoms with Gasteiger partial charge in [0.1, 0.15) is 11.9 Å². The van der Waals surface area contributed by atoms with Crippen molar-refractivity contribution in [2.75, 3.05) is 45.1 Å². The Kier molecular flexibility index (Phi) is 5.71. The molecule has 2 aromatic rings. The van der Waals surface area contributed by atoms with Crippen molar-refractivity contribution in [3.05, 3.63) is 65.0 Å². The van der Waals surface area contributed by atoms with Gasteiger partial charge < -0.3 is 15.5 Å². The van der Waals surface area contributed by atoms with Crippen molar-refractivity contribution in [3.63, 3.8) is 0 Å². The van der Waals surface area contributed by atoms with Gasteiger partial charge in [-0.1, -0.05) is 36.4 Å². The van der Waals surface area contributed by atoms with Crippen LogP contribution in [-0.2, 0) is 17.8 Å². The maximum absolute atomic E-state index is 15.0. The molecule has 1 atom stereocenters. The molecule has 1 unspecified atom stereocenters. The number of amides is 1. The zero-order valence-corrected chi connectivity index (χ0v) is 16.2.